The molecule has 1 unspecified atom stereocenters. The third-order valence-electron chi connectivity index (χ3n) is 4.92. The van der Waals surface area contributed by atoms with Crippen LogP contribution in [0.15, 0.2) is 35.6 Å². The Morgan fingerprint density at radius 3 is 2.57 bits per heavy atom. The largest absolute Gasteiger partial charge is 0.357 e. The molecule has 3 heterocycles. The van der Waals surface area contributed by atoms with Crippen LogP contribution in [-0.2, 0) is 6.42 Å². The maximum atomic E-state index is 4.79. The Morgan fingerprint density at radius 2 is 1.93 bits per heavy atom. The standard InChI is InChI=1S/C21H33N7S.HI/c1-4-22-20(26-17(2)16-19-7-6-18(3)29-19)23-10-11-27-12-14-28(15-13-27)21-24-8-5-9-25-21;/h5-9,17H,4,10-16H2,1-3H3,(H2,22,23,26);1H. The molecule has 1 atom stereocenters. The van der Waals surface area contributed by atoms with Crippen molar-refractivity contribution >= 4 is 47.2 Å². The van der Waals surface area contributed by atoms with Crippen LogP contribution in [0.25, 0.3) is 0 Å². The van der Waals surface area contributed by atoms with Gasteiger partial charge in [0.2, 0.25) is 5.95 Å². The molecule has 0 aromatic carbocycles. The normalized spacial score (nSPS) is 16.1. The summed E-state index contributed by atoms with van der Waals surface area (Å²) in [4.78, 5) is 21.0. The van der Waals surface area contributed by atoms with Crippen LogP contribution in [0.1, 0.15) is 23.6 Å². The molecular formula is C21H34IN7S. The Hall–Kier alpha value is -1.46. The average molecular weight is 544 g/mol. The second kappa shape index (κ2) is 13.1. The maximum absolute atomic E-state index is 4.79. The third kappa shape index (κ3) is 7.99. The van der Waals surface area contributed by atoms with Gasteiger partial charge in [-0.1, -0.05) is 0 Å². The van der Waals surface area contributed by atoms with Crippen LogP contribution in [0.4, 0.5) is 5.95 Å². The molecule has 0 radical (unpaired) electrons. The lowest BCUT2D eigenvalue weighted by Crippen LogP contribution is -2.48. The van der Waals surface area contributed by atoms with Crippen LogP contribution in [0.5, 0.6) is 0 Å². The van der Waals surface area contributed by atoms with E-state index in [0.717, 1.165) is 64.1 Å². The molecule has 0 aliphatic carbocycles. The molecule has 1 fully saturated rings. The number of rotatable bonds is 8. The van der Waals surface area contributed by atoms with Gasteiger partial charge in [-0.05, 0) is 39.0 Å². The molecular weight excluding hydrogens is 509 g/mol. The zero-order valence-corrected chi connectivity index (χ0v) is 21.3. The Labute approximate surface area is 201 Å². The predicted octanol–water partition coefficient (Wildman–Crippen LogP) is 2.77. The van der Waals surface area contributed by atoms with Crippen molar-refractivity contribution < 1.29 is 0 Å². The van der Waals surface area contributed by atoms with Gasteiger partial charge in [0.1, 0.15) is 0 Å². The summed E-state index contributed by atoms with van der Waals surface area (Å²) >= 11 is 1.87. The van der Waals surface area contributed by atoms with Crippen molar-refractivity contribution in [2.75, 3.05) is 50.7 Å². The summed E-state index contributed by atoms with van der Waals surface area (Å²) in [5.74, 6) is 1.74. The second-order valence-electron chi connectivity index (χ2n) is 7.40. The number of nitrogens with zero attached hydrogens (tertiary/aromatic N) is 5. The fourth-order valence-electron chi connectivity index (χ4n) is 3.43. The summed E-state index contributed by atoms with van der Waals surface area (Å²) in [6, 6.07) is 6.62. The number of aliphatic imine (C=N–C) groups is 1. The number of hydrogen-bond acceptors (Lipinski definition) is 6. The molecule has 1 saturated heterocycles. The molecule has 2 aromatic rings. The second-order valence-corrected chi connectivity index (χ2v) is 8.77. The summed E-state index contributed by atoms with van der Waals surface area (Å²) in [5, 5.41) is 6.91. The van der Waals surface area contributed by atoms with Gasteiger partial charge in [0.15, 0.2) is 5.96 Å². The summed E-state index contributed by atoms with van der Waals surface area (Å²) in [7, 11) is 0. The van der Waals surface area contributed by atoms with Gasteiger partial charge in [0.05, 0.1) is 6.54 Å². The molecule has 3 rings (SSSR count). The molecule has 166 valence electrons. The topological polar surface area (TPSA) is 68.7 Å². The van der Waals surface area contributed by atoms with Crippen LogP contribution in [-0.4, -0.2) is 72.7 Å². The Bertz CT molecular complexity index is 760. The monoisotopic (exact) mass is 543 g/mol. The van der Waals surface area contributed by atoms with E-state index in [1.165, 1.54) is 9.75 Å². The first-order valence-corrected chi connectivity index (χ1v) is 11.3. The van der Waals surface area contributed by atoms with Crippen LogP contribution in [0.3, 0.4) is 0 Å². The smallest absolute Gasteiger partial charge is 0.225 e. The van der Waals surface area contributed by atoms with E-state index in [4.69, 9.17) is 4.99 Å². The van der Waals surface area contributed by atoms with Crippen molar-refractivity contribution in [3.63, 3.8) is 0 Å². The van der Waals surface area contributed by atoms with E-state index >= 15 is 0 Å². The number of nitrogens with one attached hydrogen (secondary N) is 2. The quantitative estimate of drug-likeness (QED) is 0.303. The molecule has 9 heteroatoms. The number of aromatic nitrogens is 2. The number of anilines is 1. The van der Waals surface area contributed by atoms with Gasteiger partial charge in [-0.3, -0.25) is 9.89 Å². The average Bonchev–Trinajstić information content (AvgIpc) is 3.13. The fourth-order valence-corrected chi connectivity index (χ4v) is 4.45. The van der Waals surface area contributed by atoms with E-state index in [9.17, 15) is 0 Å². The number of hydrogen-bond donors (Lipinski definition) is 2. The van der Waals surface area contributed by atoms with E-state index in [0.29, 0.717) is 6.04 Å². The van der Waals surface area contributed by atoms with Crippen LogP contribution < -0.4 is 15.5 Å². The summed E-state index contributed by atoms with van der Waals surface area (Å²) in [6.45, 7) is 13.1. The van der Waals surface area contributed by atoms with E-state index < -0.39 is 0 Å². The summed E-state index contributed by atoms with van der Waals surface area (Å²) < 4.78 is 0. The third-order valence-corrected chi connectivity index (χ3v) is 5.95. The Balaban J connectivity index is 0.00000320. The zero-order chi connectivity index (χ0) is 20.5. The van der Waals surface area contributed by atoms with Crippen molar-refractivity contribution in [3.05, 3.63) is 40.3 Å². The van der Waals surface area contributed by atoms with Gasteiger partial charge < -0.3 is 15.5 Å². The first-order chi connectivity index (χ1) is 14.1. The van der Waals surface area contributed by atoms with E-state index in [2.05, 4.69) is 63.3 Å². The van der Waals surface area contributed by atoms with E-state index in [1.807, 2.05) is 17.4 Å². The van der Waals surface area contributed by atoms with Crippen molar-refractivity contribution in [2.45, 2.75) is 33.2 Å². The predicted molar refractivity (Wildman–Crippen MR) is 137 cm³/mol. The molecule has 0 amide bonds. The summed E-state index contributed by atoms with van der Waals surface area (Å²) in [5.41, 5.74) is 0. The Morgan fingerprint density at radius 1 is 1.20 bits per heavy atom. The molecule has 0 saturated carbocycles. The number of piperazine rings is 1. The molecule has 30 heavy (non-hydrogen) atoms. The van der Waals surface area contributed by atoms with Crippen molar-refractivity contribution in [3.8, 4) is 0 Å². The highest BCUT2D eigenvalue weighted by Gasteiger charge is 2.18. The molecule has 0 bridgehead atoms. The minimum Gasteiger partial charge on any atom is -0.357 e. The number of aryl methyl sites for hydroxylation is 1. The number of guanidine groups is 1. The van der Waals surface area contributed by atoms with Crippen molar-refractivity contribution in [1.29, 1.82) is 0 Å². The maximum Gasteiger partial charge on any atom is 0.225 e. The molecule has 1 aliphatic rings. The van der Waals surface area contributed by atoms with Crippen LogP contribution in [0, 0.1) is 6.92 Å². The first-order valence-electron chi connectivity index (χ1n) is 10.5. The molecule has 0 spiro atoms. The molecule has 7 nitrogen and oxygen atoms in total. The van der Waals surface area contributed by atoms with Crippen LogP contribution >= 0.6 is 35.3 Å². The molecule has 2 N–H and O–H groups in total. The SMILES string of the molecule is CCNC(=NCCN1CCN(c2ncccn2)CC1)NC(C)Cc1ccc(C)s1.I. The van der Waals surface area contributed by atoms with Gasteiger partial charge in [0, 0.05) is 73.9 Å². The lowest BCUT2D eigenvalue weighted by Gasteiger charge is -2.34. The molecule has 2 aromatic heterocycles. The van der Waals surface area contributed by atoms with Gasteiger partial charge in [-0.15, -0.1) is 35.3 Å². The Kier molecular flexibility index (Phi) is 10.8. The van der Waals surface area contributed by atoms with Crippen molar-refractivity contribution in [2.24, 2.45) is 4.99 Å². The van der Waals surface area contributed by atoms with Gasteiger partial charge in [0.25, 0.3) is 0 Å². The summed E-state index contributed by atoms with van der Waals surface area (Å²) in [6.07, 6.45) is 4.63. The minimum absolute atomic E-state index is 0. The van der Waals surface area contributed by atoms with Crippen molar-refractivity contribution in [1.82, 2.24) is 25.5 Å². The fraction of sp³-hybridized carbons (Fsp3) is 0.571. The zero-order valence-electron chi connectivity index (χ0n) is 18.2. The minimum atomic E-state index is 0. The highest BCUT2D eigenvalue weighted by atomic mass is 127. The number of thiophene rings is 1. The lowest BCUT2D eigenvalue weighted by atomic mass is 10.2. The van der Waals surface area contributed by atoms with E-state index in [1.54, 1.807) is 12.4 Å². The highest BCUT2D eigenvalue weighted by Crippen LogP contribution is 2.16. The number of halogens is 1. The van der Waals surface area contributed by atoms with Gasteiger partial charge in [-0.2, -0.15) is 0 Å². The van der Waals surface area contributed by atoms with Gasteiger partial charge >= 0.3 is 0 Å². The highest BCUT2D eigenvalue weighted by molar-refractivity contribution is 14.0. The lowest BCUT2D eigenvalue weighted by molar-refractivity contribution is 0.263. The first kappa shape index (κ1) is 24.8. The van der Waals surface area contributed by atoms with Gasteiger partial charge in [-0.25, -0.2) is 9.97 Å². The molecule has 1 aliphatic heterocycles. The van der Waals surface area contributed by atoms with E-state index in [-0.39, 0.29) is 24.0 Å². The van der Waals surface area contributed by atoms with Crippen LogP contribution in [0.2, 0.25) is 0 Å².